The van der Waals surface area contributed by atoms with Crippen molar-refractivity contribution in [1.82, 2.24) is 0 Å². The van der Waals surface area contributed by atoms with E-state index < -0.39 is 5.97 Å². The lowest BCUT2D eigenvalue weighted by atomic mass is 9.78. The Morgan fingerprint density at radius 2 is 1.69 bits per heavy atom. The molecule has 0 aliphatic carbocycles. The highest BCUT2D eigenvalue weighted by atomic mass is 32.2. The molecule has 166 valence electrons. The molecule has 0 spiro atoms. The molecule has 0 bridgehead atoms. The van der Waals surface area contributed by atoms with Crippen LogP contribution >= 0.6 is 11.8 Å². The van der Waals surface area contributed by atoms with Crippen LogP contribution in [0.15, 0.2) is 78.9 Å². The van der Waals surface area contributed by atoms with Crippen LogP contribution in [0.5, 0.6) is 11.5 Å². The molecule has 1 aliphatic heterocycles. The van der Waals surface area contributed by atoms with Crippen molar-refractivity contribution in [2.75, 3.05) is 24.7 Å². The smallest absolute Gasteiger partial charge is 0.341 e. The molecule has 3 aromatic rings. The molecule has 0 fully saturated rings. The number of hydrogen-bond acceptors (Lipinski definition) is 4. The largest absolute Gasteiger partial charge is 0.489 e. The summed E-state index contributed by atoms with van der Waals surface area (Å²) in [7, 11) is 0. The quantitative estimate of drug-likeness (QED) is 0.400. The summed E-state index contributed by atoms with van der Waals surface area (Å²) in [6.45, 7) is 2.57. The molecule has 0 saturated carbocycles. The van der Waals surface area contributed by atoms with Crippen molar-refractivity contribution in [2.45, 2.75) is 24.7 Å². The van der Waals surface area contributed by atoms with E-state index in [1.165, 1.54) is 11.1 Å². The molecule has 0 aromatic heterocycles. The Labute approximate surface area is 193 Å². The first kappa shape index (κ1) is 22.3. The average Bonchev–Trinajstić information content (AvgIpc) is 3.25. The van der Waals surface area contributed by atoms with Crippen molar-refractivity contribution < 1.29 is 19.4 Å². The molecule has 1 heterocycles. The average molecular weight is 449 g/mol. The van der Waals surface area contributed by atoms with Crippen LogP contribution in [-0.2, 0) is 10.2 Å². The Hall–Kier alpha value is -2.92. The number of carboxylic acid groups (broad SMARTS) is 1. The van der Waals surface area contributed by atoms with Gasteiger partial charge in [0.15, 0.2) is 18.1 Å². The van der Waals surface area contributed by atoms with Crippen LogP contribution in [-0.4, -0.2) is 35.8 Å². The van der Waals surface area contributed by atoms with Gasteiger partial charge in [0, 0.05) is 22.6 Å². The van der Waals surface area contributed by atoms with Gasteiger partial charge in [0.1, 0.15) is 0 Å². The molecule has 1 atom stereocenters. The van der Waals surface area contributed by atoms with Crippen molar-refractivity contribution in [3.63, 3.8) is 0 Å². The molecular formula is C27H28O4S. The first-order chi connectivity index (χ1) is 15.6. The van der Waals surface area contributed by atoms with Gasteiger partial charge in [-0.05, 0) is 29.4 Å². The third-order valence-corrected chi connectivity index (χ3v) is 7.36. The van der Waals surface area contributed by atoms with E-state index in [1.807, 2.05) is 17.8 Å². The lowest BCUT2D eigenvalue weighted by molar-refractivity contribution is -0.139. The lowest BCUT2D eigenvalue weighted by Crippen LogP contribution is -2.27. The molecular weight excluding hydrogens is 420 g/mol. The molecule has 0 radical (unpaired) electrons. The van der Waals surface area contributed by atoms with E-state index >= 15 is 0 Å². The van der Waals surface area contributed by atoms with E-state index in [9.17, 15) is 4.79 Å². The van der Waals surface area contributed by atoms with Gasteiger partial charge in [-0.15, -0.1) is 0 Å². The summed E-state index contributed by atoms with van der Waals surface area (Å²) in [6.07, 6.45) is 1.000. The minimum Gasteiger partial charge on any atom is -0.489 e. The number of hydrogen-bond donors (Lipinski definition) is 1. The molecule has 1 unspecified atom stereocenters. The lowest BCUT2D eigenvalue weighted by Gasteiger charge is -2.31. The third-order valence-electron chi connectivity index (χ3n) is 6.05. The van der Waals surface area contributed by atoms with E-state index in [1.54, 1.807) is 6.07 Å². The molecule has 4 nitrogen and oxygen atoms in total. The fourth-order valence-electron chi connectivity index (χ4n) is 4.22. The number of para-hydroxylation sites is 1. The maximum Gasteiger partial charge on any atom is 0.341 e. The number of fused-ring (bicyclic) bond motifs is 1. The van der Waals surface area contributed by atoms with Gasteiger partial charge in [0.25, 0.3) is 0 Å². The van der Waals surface area contributed by atoms with E-state index in [4.69, 9.17) is 14.6 Å². The van der Waals surface area contributed by atoms with Crippen molar-refractivity contribution in [3.05, 3.63) is 95.6 Å². The molecule has 0 amide bonds. The van der Waals surface area contributed by atoms with Crippen LogP contribution in [0.25, 0.3) is 0 Å². The highest BCUT2D eigenvalue weighted by molar-refractivity contribution is 7.99. The van der Waals surface area contributed by atoms with Gasteiger partial charge in [0.05, 0.1) is 6.61 Å². The zero-order valence-electron chi connectivity index (χ0n) is 18.2. The number of thioether (sulfide) groups is 1. The minimum absolute atomic E-state index is 0.0604. The normalized spacial score (nSPS) is 15.1. The Kier molecular flexibility index (Phi) is 7.05. The summed E-state index contributed by atoms with van der Waals surface area (Å²) in [5, 5.41) is 8.88. The number of aliphatic carboxylic acids is 1. The number of ether oxygens (including phenoxy) is 2. The third kappa shape index (κ3) is 4.94. The predicted octanol–water partition coefficient (Wildman–Crippen LogP) is 5.76. The minimum atomic E-state index is -0.992. The first-order valence-corrected chi connectivity index (χ1v) is 12.0. The van der Waals surface area contributed by atoms with Crippen LogP contribution < -0.4 is 9.47 Å². The summed E-state index contributed by atoms with van der Waals surface area (Å²) in [5.41, 5.74) is 3.71. The Morgan fingerprint density at radius 3 is 2.31 bits per heavy atom. The summed E-state index contributed by atoms with van der Waals surface area (Å²) in [6, 6.07) is 27.2. The standard InChI is InChI=1S/C27H28O4S/c1-27(21-9-4-2-5-10-21,22-11-6-3-7-12-22)19-32-16-15-20-17-31-26-23(20)13-8-14-24(26)30-18-25(28)29/h2-14,20H,15-19H2,1H3,(H,28,29). The van der Waals surface area contributed by atoms with Gasteiger partial charge in [0.2, 0.25) is 0 Å². The highest BCUT2D eigenvalue weighted by Crippen LogP contribution is 2.43. The van der Waals surface area contributed by atoms with Crippen molar-refractivity contribution >= 4 is 17.7 Å². The van der Waals surface area contributed by atoms with Gasteiger partial charge in [-0.2, -0.15) is 11.8 Å². The van der Waals surface area contributed by atoms with Crippen LogP contribution in [0.2, 0.25) is 0 Å². The number of rotatable bonds is 10. The fraction of sp³-hybridized carbons (Fsp3) is 0.296. The van der Waals surface area contributed by atoms with Crippen LogP contribution in [0, 0.1) is 0 Å². The van der Waals surface area contributed by atoms with Gasteiger partial charge in [-0.1, -0.05) is 79.7 Å². The van der Waals surface area contributed by atoms with Crippen LogP contribution in [0.4, 0.5) is 0 Å². The summed E-state index contributed by atoms with van der Waals surface area (Å²) >= 11 is 1.97. The maximum atomic E-state index is 10.8. The van der Waals surface area contributed by atoms with Gasteiger partial charge >= 0.3 is 5.97 Å². The van der Waals surface area contributed by atoms with Crippen molar-refractivity contribution in [1.29, 1.82) is 0 Å². The second-order valence-electron chi connectivity index (χ2n) is 8.27. The summed E-state index contributed by atoms with van der Waals surface area (Å²) in [4.78, 5) is 10.8. The summed E-state index contributed by atoms with van der Waals surface area (Å²) in [5.74, 6) is 2.52. The van der Waals surface area contributed by atoms with E-state index in [0.717, 1.165) is 23.5 Å². The molecule has 4 rings (SSSR count). The molecule has 0 saturated heterocycles. The molecule has 1 N–H and O–H groups in total. The Balaban J connectivity index is 1.40. The molecule has 1 aliphatic rings. The first-order valence-electron chi connectivity index (χ1n) is 10.9. The SMILES string of the molecule is CC(CSCCC1COc2c(OCC(=O)O)cccc21)(c1ccccc1)c1ccccc1. The van der Waals surface area contributed by atoms with E-state index in [0.29, 0.717) is 24.0 Å². The van der Waals surface area contributed by atoms with E-state index in [-0.39, 0.29) is 12.0 Å². The van der Waals surface area contributed by atoms with Gasteiger partial charge in [-0.3, -0.25) is 0 Å². The van der Waals surface area contributed by atoms with Crippen molar-refractivity contribution in [2.24, 2.45) is 0 Å². The van der Waals surface area contributed by atoms with Crippen LogP contribution in [0.3, 0.4) is 0 Å². The highest BCUT2D eigenvalue weighted by Gasteiger charge is 2.30. The number of benzene rings is 3. The molecule has 3 aromatic carbocycles. The monoisotopic (exact) mass is 448 g/mol. The molecule has 32 heavy (non-hydrogen) atoms. The maximum absolute atomic E-state index is 10.8. The Bertz CT molecular complexity index is 997. The topological polar surface area (TPSA) is 55.8 Å². The fourth-order valence-corrected chi connectivity index (χ4v) is 5.56. The predicted molar refractivity (Wildman–Crippen MR) is 129 cm³/mol. The second-order valence-corrected chi connectivity index (χ2v) is 9.38. The van der Waals surface area contributed by atoms with Gasteiger partial charge < -0.3 is 14.6 Å². The summed E-state index contributed by atoms with van der Waals surface area (Å²) < 4.78 is 11.3. The number of carboxylic acids is 1. The van der Waals surface area contributed by atoms with Crippen LogP contribution in [0.1, 0.15) is 36.0 Å². The van der Waals surface area contributed by atoms with Gasteiger partial charge in [-0.25, -0.2) is 4.79 Å². The Morgan fingerprint density at radius 1 is 1.03 bits per heavy atom. The zero-order valence-corrected chi connectivity index (χ0v) is 19.0. The number of carbonyl (C=O) groups is 1. The van der Waals surface area contributed by atoms with E-state index in [2.05, 4.69) is 73.7 Å². The zero-order chi connectivity index (χ0) is 22.4. The van der Waals surface area contributed by atoms with Crippen molar-refractivity contribution in [3.8, 4) is 11.5 Å². The molecule has 5 heteroatoms. The second kappa shape index (κ2) is 10.1.